The maximum atomic E-state index is 6.16. The van der Waals surface area contributed by atoms with Crippen molar-refractivity contribution in [2.75, 3.05) is 0 Å². The molecule has 3 rings (SSSR count). The summed E-state index contributed by atoms with van der Waals surface area (Å²) in [6.07, 6.45) is 3.43. The van der Waals surface area contributed by atoms with Gasteiger partial charge in [0, 0.05) is 21.6 Å². The number of nitrogens with zero attached hydrogens (tertiary/aromatic N) is 1. The third-order valence-corrected chi connectivity index (χ3v) is 3.97. The predicted molar refractivity (Wildman–Crippen MR) is 74.1 cm³/mol. The van der Waals surface area contributed by atoms with Gasteiger partial charge in [0.1, 0.15) is 0 Å². The maximum Gasteiger partial charge on any atom is 0.0709 e. The first-order valence-corrected chi connectivity index (χ1v) is 6.82. The van der Waals surface area contributed by atoms with Crippen LogP contribution < -0.4 is 5.73 Å². The van der Waals surface area contributed by atoms with Gasteiger partial charge in [-0.1, -0.05) is 15.9 Å². The quantitative estimate of drug-likeness (QED) is 0.873. The van der Waals surface area contributed by atoms with Gasteiger partial charge >= 0.3 is 0 Å². The van der Waals surface area contributed by atoms with Gasteiger partial charge < -0.3 is 5.73 Å². The molecular weight excluding hydrogens is 276 g/mol. The van der Waals surface area contributed by atoms with E-state index >= 15 is 0 Å². The largest absolute Gasteiger partial charge is 0.324 e. The summed E-state index contributed by atoms with van der Waals surface area (Å²) < 4.78 is 1.09. The minimum Gasteiger partial charge on any atom is -0.324 e. The number of aromatic nitrogens is 1. The summed E-state index contributed by atoms with van der Waals surface area (Å²) in [5.74, 6) is 0. The van der Waals surface area contributed by atoms with Crippen molar-refractivity contribution < 1.29 is 0 Å². The van der Waals surface area contributed by atoms with Gasteiger partial charge in [-0.3, -0.25) is 4.98 Å². The smallest absolute Gasteiger partial charge is 0.0709 e. The van der Waals surface area contributed by atoms with E-state index in [-0.39, 0.29) is 6.04 Å². The summed E-state index contributed by atoms with van der Waals surface area (Å²) in [4.78, 5) is 4.76. The van der Waals surface area contributed by atoms with Gasteiger partial charge in [0.25, 0.3) is 0 Å². The van der Waals surface area contributed by atoms with Gasteiger partial charge in [0.2, 0.25) is 0 Å². The zero-order valence-corrected chi connectivity index (χ0v) is 11.4. The van der Waals surface area contributed by atoms with Crippen molar-refractivity contribution >= 4 is 26.8 Å². The molecule has 0 saturated heterocycles. The van der Waals surface area contributed by atoms with Crippen LogP contribution in [0.15, 0.2) is 22.7 Å². The molecule has 0 aliphatic heterocycles. The van der Waals surface area contributed by atoms with E-state index in [4.69, 9.17) is 10.7 Å². The number of nitrogens with two attached hydrogens (primary N) is 1. The molecule has 17 heavy (non-hydrogen) atoms. The average Bonchev–Trinajstić information content (AvgIpc) is 2.72. The minimum atomic E-state index is 0.0710. The van der Waals surface area contributed by atoms with E-state index in [2.05, 4.69) is 35.0 Å². The second kappa shape index (κ2) is 4.07. The average molecular weight is 291 g/mol. The second-order valence-corrected chi connectivity index (χ2v) is 5.67. The molecular formula is C14H15BrN2. The number of aryl methyl sites for hydroxylation is 1. The molecule has 0 saturated carbocycles. The van der Waals surface area contributed by atoms with Crippen molar-refractivity contribution in [1.29, 1.82) is 0 Å². The lowest BCUT2D eigenvalue weighted by Crippen LogP contribution is -2.10. The molecule has 3 heteroatoms. The molecule has 1 aliphatic rings. The van der Waals surface area contributed by atoms with E-state index in [1.165, 1.54) is 28.6 Å². The first-order valence-electron chi connectivity index (χ1n) is 6.03. The molecule has 0 spiro atoms. The molecule has 2 aromatic rings. The highest BCUT2D eigenvalue weighted by Crippen LogP contribution is 2.34. The lowest BCUT2D eigenvalue weighted by molar-refractivity contribution is 0.806. The van der Waals surface area contributed by atoms with Crippen LogP contribution in [-0.2, 0) is 12.8 Å². The van der Waals surface area contributed by atoms with Gasteiger partial charge in [0.05, 0.1) is 5.52 Å². The summed E-state index contributed by atoms with van der Waals surface area (Å²) in [6, 6.07) is 6.33. The molecule has 1 unspecified atom stereocenters. The number of hydrogen-bond acceptors (Lipinski definition) is 2. The Balaban J connectivity index is 2.41. The summed E-state index contributed by atoms with van der Waals surface area (Å²) in [7, 11) is 0. The lowest BCUT2D eigenvalue weighted by Gasteiger charge is -2.15. The summed E-state index contributed by atoms with van der Waals surface area (Å²) >= 11 is 3.53. The Bertz CT molecular complexity index is 590. The van der Waals surface area contributed by atoms with Crippen LogP contribution in [0.2, 0.25) is 0 Å². The normalized spacial score (nSPS) is 16.2. The third-order valence-electron chi connectivity index (χ3n) is 3.47. The van der Waals surface area contributed by atoms with Crippen LogP contribution in [0.25, 0.3) is 10.9 Å². The molecule has 1 aromatic heterocycles. The highest BCUT2D eigenvalue weighted by atomic mass is 79.9. The van der Waals surface area contributed by atoms with Crippen LogP contribution in [0.1, 0.15) is 36.2 Å². The summed E-state index contributed by atoms with van der Waals surface area (Å²) in [5.41, 5.74) is 11.2. The molecule has 1 heterocycles. The molecule has 2 N–H and O–H groups in total. The van der Waals surface area contributed by atoms with Crippen LogP contribution in [0.5, 0.6) is 0 Å². The van der Waals surface area contributed by atoms with Crippen LogP contribution >= 0.6 is 15.9 Å². The Hall–Kier alpha value is -0.930. The van der Waals surface area contributed by atoms with Gasteiger partial charge in [-0.25, -0.2) is 0 Å². The fraction of sp³-hybridized carbons (Fsp3) is 0.357. The monoisotopic (exact) mass is 290 g/mol. The number of pyridine rings is 1. The van der Waals surface area contributed by atoms with E-state index < -0.39 is 0 Å². The Kier molecular flexibility index (Phi) is 2.68. The van der Waals surface area contributed by atoms with E-state index in [0.29, 0.717) is 0 Å². The van der Waals surface area contributed by atoms with Crippen molar-refractivity contribution in [3.8, 4) is 0 Å². The van der Waals surface area contributed by atoms with Crippen molar-refractivity contribution in [2.24, 2.45) is 5.73 Å². The van der Waals surface area contributed by atoms with Crippen LogP contribution in [0.4, 0.5) is 0 Å². The van der Waals surface area contributed by atoms with Gasteiger partial charge in [0.15, 0.2) is 0 Å². The number of benzene rings is 1. The molecule has 0 amide bonds. The molecule has 1 aromatic carbocycles. The van der Waals surface area contributed by atoms with E-state index in [9.17, 15) is 0 Å². The van der Waals surface area contributed by atoms with Gasteiger partial charge in [-0.2, -0.15) is 0 Å². The Morgan fingerprint density at radius 2 is 2.18 bits per heavy atom. The first kappa shape index (κ1) is 11.2. The van der Waals surface area contributed by atoms with E-state index in [1.807, 2.05) is 6.07 Å². The zero-order chi connectivity index (χ0) is 12.0. The van der Waals surface area contributed by atoms with Crippen molar-refractivity contribution in [3.63, 3.8) is 0 Å². The number of fused-ring (bicyclic) bond motifs is 2. The van der Waals surface area contributed by atoms with Gasteiger partial charge in [-0.05, 0) is 55.5 Å². The second-order valence-electron chi connectivity index (χ2n) is 4.75. The molecule has 88 valence electrons. The molecule has 1 aliphatic carbocycles. The highest BCUT2D eigenvalue weighted by Gasteiger charge is 2.21. The maximum absolute atomic E-state index is 6.16. The van der Waals surface area contributed by atoms with Crippen LogP contribution in [0.3, 0.4) is 0 Å². The first-order chi connectivity index (χ1) is 8.16. The number of hydrogen-bond donors (Lipinski definition) is 1. The standard InChI is InChI=1S/C14H15BrN2/c1-8(16)14-10-3-2-4-12(10)17-13-6-5-9(15)7-11(13)14/h5-8H,2-4,16H2,1H3. The molecule has 0 fully saturated rings. The Morgan fingerprint density at radius 1 is 1.35 bits per heavy atom. The van der Waals surface area contributed by atoms with E-state index in [1.54, 1.807) is 0 Å². The molecule has 2 nitrogen and oxygen atoms in total. The Labute approximate surface area is 109 Å². The van der Waals surface area contributed by atoms with Crippen molar-refractivity contribution in [3.05, 3.63) is 39.5 Å². The van der Waals surface area contributed by atoms with Gasteiger partial charge in [-0.15, -0.1) is 0 Å². The fourth-order valence-electron chi connectivity index (χ4n) is 2.79. The molecule has 0 radical (unpaired) electrons. The van der Waals surface area contributed by atoms with Crippen molar-refractivity contribution in [1.82, 2.24) is 4.98 Å². The third kappa shape index (κ3) is 1.78. The molecule has 1 atom stereocenters. The Morgan fingerprint density at radius 3 is 2.94 bits per heavy atom. The summed E-state index contributed by atoms with van der Waals surface area (Å²) in [6.45, 7) is 2.06. The fourth-order valence-corrected chi connectivity index (χ4v) is 3.15. The zero-order valence-electron chi connectivity index (χ0n) is 9.83. The highest BCUT2D eigenvalue weighted by molar-refractivity contribution is 9.10. The van der Waals surface area contributed by atoms with Crippen LogP contribution in [0, 0.1) is 0 Å². The van der Waals surface area contributed by atoms with Crippen molar-refractivity contribution in [2.45, 2.75) is 32.2 Å². The molecule has 0 bridgehead atoms. The van der Waals surface area contributed by atoms with Crippen LogP contribution in [-0.4, -0.2) is 4.98 Å². The topological polar surface area (TPSA) is 38.9 Å². The van der Waals surface area contributed by atoms with E-state index in [0.717, 1.165) is 22.8 Å². The number of halogens is 1. The number of rotatable bonds is 1. The predicted octanol–water partition coefficient (Wildman–Crippen LogP) is 3.51. The lowest BCUT2D eigenvalue weighted by atomic mass is 9.96. The minimum absolute atomic E-state index is 0.0710. The summed E-state index contributed by atoms with van der Waals surface area (Å²) in [5, 5.41) is 1.20. The SMILES string of the molecule is CC(N)c1c2c(nc3ccc(Br)cc13)CCC2.